The first-order valence-corrected chi connectivity index (χ1v) is 9.89. The highest BCUT2D eigenvalue weighted by atomic mass is 32.2. The number of methoxy groups -OCH3 is 1. The highest BCUT2D eigenvalue weighted by molar-refractivity contribution is 7.89. The maximum Gasteiger partial charge on any atom is 0.335 e. The second-order valence-corrected chi connectivity index (χ2v) is 8.52. The van der Waals surface area contributed by atoms with Crippen LogP contribution in [0.25, 0.3) is 0 Å². The van der Waals surface area contributed by atoms with E-state index >= 15 is 0 Å². The number of nitrogens with zero attached hydrogens (tertiary/aromatic N) is 1. The Morgan fingerprint density at radius 1 is 1.15 bits per heavy atom. The largest absolute Gasteiger partial charge is 0.495 e. The molecular formula is C19H19NO5S. The SMILES string of the molecule is COc1ccc(C(=O)O)cc1S(=O)(=O)N1C[C@H]2CC[C@H]1c1ccccc12. The number of carbonyl (C=O) groups is 1. The minimum absolute atomic E-state index is 0.0769. The van der Waals surface area contributed by atoms with Crippen LogP contribution in [0.5, 0.6) is 5.75 Å². The third-order valence-electron chi connectivity index (χ3n) is 5.33. The number of sulfonamides is 1. The van der Waals surface area contributed by atoms with E-state index in [1.54, 1.807) is 0 Å². The third kappa shape index (κ3) is 2.50. The number of carboxylic acids is 1. The highest BCUT2D eigenvalue weighted by Crippen LogP contribution is 2.49. The minimum atomic E-state index is -3.89. The van der Waals surface area contributed by atoms with Gasteiger partial charge in [-0.3, -0.25) is 0 Å². The molecule has 3 aliphatic rings. The lowest BCUT2D eigenvalue weighted by Crippen LogP contribution is -2.45. The minimum Gasteiger partial charge on any atom is -0.495 e. The topological polar surface area (TPSA) is 83.9 Å². The maximum atomic E-state index is 13.4. The Hall–Kier alpha value is -2.38. The summed E-state index contributed by atoms with van der Waals surface area (Å²) in [5, 5.41) is 9.24. The summed E-state index contributed by atoms with van der Waals surface area (Å²) in [6.45, 7) is 0.407. The Kier molecular flexibility index (Phi) is 4.00. The Labute approximate surface area is 152 Å². The summed E-state index contributed by atoms with van der Waals surface area (Å²) in [6.07, 6.45) is 1.72. The fourth-order valence-corrected chi connectivity index (χ4v) is 5.96. The van der Waals surface area contributed by atoms with Gasteiger partial charge in [-0.05, 0) is 48.1 Å². The van der Waals surface area contributed by atoms with Crippen LogP contribution in [0.4, 0.5) is 0 Å². The summed E-state index contributed by atoms with van der Waals surface area (Å²) in [4.78, 5) is 11.2. The molecule has 0 spiro atoms. The Morgan fingerprint density at radius 3 is 2.58 bits per heavy atom. The number of carboxylic acid groups (broad SMARTS) is 1. The maximum absolute atomic E-state index is 13.4. The van der Waals surface area contributed by atoms with Gasteiger partial charge in [-0.2, -0.15) is 4.31 Å². The zero-order chi connectivity index (χ0) is 18.5. The molecule has 0 amide bonds. The van der Waals surface area contributed by atoms with Crippen molar-refractivity contribution in [1.29, 1.82) is 0 Å². The van der Waals surface area contributed by atoms with Crippen LogP contribution in [0, 0.1) is 0 Å². The van der Waals surface area contributed by atoms with E-state index in [0.717, 1.165) is 18.4 Å². The molecule has 2 aromatic carbocycles. The van der Waals surface area contributed by atoms with Gasteiger partial charge in [0.2, 0.25) is 10.0 Å². The van der Waals surface area contributed by atoms with Gasteiger partial charge in [0.1, 0.15) is 10.6 Å². The van der Waals surface area contributed by atoms with Crippen molar-refractivity contribution in [2.45, 2.75) is 29.7 Å². The van der Waals surface area contributed by atoms with E-state index in [2.05, 4.69) is 6.07 Å². The van der Waals surface area contributed by atoms with Crippen molar-refractivity contribution in [2.75, 3.05) is 13.7 Å². The molecule has 136 valence electrons. The molecule has 0 saturated carbocycles. The van der Waals surface area contributed by atoms with Crippen LogP contribution in [0.2, 0.25) is 0 Å². The van der Waals surface area contributed by atoms with Crippen molar-refractivity contribution in [1.82, 2.24) is 4.31 Å². The van der Waals surface area contributed by atoms with Gasteiger partial charge in [0.25, 0.3) is 0 Å². The van der Waals surface area contributed by atoms with E-state index in [1.807, 2.05) is 18.2 Å². The molecule has 1 aliphatic carbocycles. The molecule has 2 atom stereocenters. The van der Waals surface area contributed by atoms with E-state index in [1.165, 1.54) is 35.2 Å². The summed E-state index contributed by atoms with van der Waals surface area (Å²) < 4.78 is 33.5. The second kappa shape index (κ2) is 6.10. The molecule has 6 nitrogen and oxygen atoms in total. The number of ether oxygens (including phenoxy) is 1. The number of benzene rings is 2. The highest BCUT2D eigenvalue weighted by Gasteiger charge is 2.44. The Bertz CT molecular complexity index is 985. The average Bonchev–Trinajstić information content (AvgIpc) is 2.68. The summed E-state index contributed by atoms with van der Waals surface area (Å²) in [6, 6.07) is 11.7. The van der Waals surface area contributed by atoms with Gasteiger partial charge in [-0.1, -0.05) is 24.3 Å². The van der Waals surface area contributed by atoms with E-state index < -0.39 is 16.0 Å². The monoisotopic (exact) mass is 373 g/mol. The molecular weight excluding hydrogens is 354 g/mol. The fourth-order valence-electron chi connectivity index (χ4n) is 4.09. The van der Waals surface area contributed by atoms with Gasteiger partial charge in [0.05, 0.1) is 18.7 Å². The molecule has 1 N–H and O–H groups in total. The summed E-state index contributed by atoms with van der Waals surface area (Å²) in [7, 11) is -2.51. The van der Waals surface area contributed by atoms with Crippen molar-refractivity contribution in [3.8, 4) is 5.75 Å². The molecule has 2 aliphatic heterocycles. The normalized spacial score (nSPS) is 22.0. The Morgan fingerprint density at radius 2 is 1.88 bits per heavy atom. The molecule has 26 heavy (non-hydrogen) atoms. The van der Waals surface area contributed by atoms with Crippen molar-refractivity contribution in [3.05, 3.63) is 59.2 Å². The zero-order valence-corrected chi connectivity index (χ0v) is 15.1. The second-order valence-electron chi connectivity index (χ2n) is 6.66. The first-order valence-electron chi connectivity index (χ1n) is 8.45. The molecule has 7 heteroatoms. The van der Waals surface area contributed by atoms with Crippen LogP contribution in [0.3, 0.4) is 0 Å². The third-order valence-corrected chi connectivity index (χ3v) is 7.22. The van der Waals surface area contributed by atoms with E-state index in [9.17, 15) is 18.3 Å². The van der Waals surface area contributed by atoms with Gasteiger partial charge < -0.3 is 9.84 Å². The van der Waals surface area contributed by atoms with Crippen LogP contribution in [0.15, 0.2) is 47.4 Å². The van der Waals surface area contributed by atoms with Crippen LogP contribution < -0.4 is 4.74 Å². The lowest BCUT2D eigenvalue weighted by Gasteiger charge is -2.45. The number of hydrogen-bond acceptors (Lipinski definition) is 4. The first-order chi connectivity index (χ1) is 12.4. The fraction of sp³-hybridized carbons (Fsp3) is 0.316. The van der Waals surface area contributed by atoms with Crippen molar-refractivity contribution in [3.63, 3.8) is 0 Å². The van der Waals surface area contributed by atoms with Crippen LogP contribution >= 0.6 is 0 Å². The average molecular weight is 373 g/mol. The van der Waals surface area contributed by atoms with Gasteiger partial charge in [0.15, 0.2) is 0 Å². The summed E-state index contributed by atoms with van der Waals surface area (Å²) in [5.41, 5.74) is 2.19. The smallest absolute Gasteiger partial charge is 0.335 e. The molecule has 2 heterocycles. The molecule has 2 aromatic rings. The predicted octanol–water partition coefficient (Wildman–Crippen LogP) is 3.02. The molecule has 0 radical (unpaired) electrons. The van der Waals surface area contributed by atoms with Gasteiger partial charge in [-0.25, -0.2) is 13.2 Å². The quantitative estimate of drug-likeness (QED) is 0.891. The lowest BCUT2D eigenvalue weighted by molar-refractivity contribution is 0.0696. The molecule has 1 fully saturated rings. The van der Waals surface area contributed by atoms with Crippen LogP contribution in [-0.2, 0) is 10.0 Å². The van der Waals surface area contributed by atoms with Gasteiger partial charge in [-0.15, -0.1) is 0 Å². The summed E-state index contributed by atoms with van der Waals surface area (Å²) >= 11 is 0. The molecule has 0 aromatic heterocycles. The number of rotatable bonds is 4. The van der Waals surface area contributed by atoms with Crippen molar-refractivity contribution < 1.29 is 23.1 Å². The molecule has 5 rings (SSSR count). The predicted molar refractivity (Wildman–Crippen MR) is 95.0 cm³/mol. The Balaban J connectivity index is 1.82. The molecule has 2 bridgehead atoms. The zero-order valence-electron chi connectivity index (χ0n) is 14.3. The van der Waals surface area contributed by atoms with Gasteiger partial charge >= 0.3 is 5.97 Å². The number of fused-ring (bicyclic) bond motifs is 2. The molecule has 1 saturated heterocycles. The van der Waals surface area contributed by atoms with E-state index in [-0.39, 0.29) is 28.2 Å². The van der Waals surface area contributed by atoms with Crippen LogP contribution in [-0.4, -0.2) is 37.5 Å². The standard InChI is InChI=1S/C19H19NO5S/c1-25-17-9-7-12(19(21)22)10-18(17)26(23,24)20-11-13-6-8-16(20)15-5-3-2-4-14(13)15/h2-5,7,9-10,13,16H,6,8,11H2,1H3,(H,21,22)/t13-,16+/m1/s1. The number of piperidine rings is 1. The number of aromatic carboxylic acids is 1. The first kappa shape index (κ1) is 17.1. The van der Waals surface area contributed by atoms with Crippen molar-refractivity contribution >= 4 is 16.0 Å². The van der Waals surface area contributed by atoms with Crippen molar-refractivity contribution in [2.24, 2.45) is 0 Å². The van der Waals surface area contributed by atoms with Gasteiger partial charge in [0, 0.05) is 6.54 Å². The number of hydrogen-bond donors (Lipinski definition) is 1. The molecule has 0 unspecified atom stereocenters. The van der Waals surface area contributed by atoms with E-state index in [4.69, 9.17) is 4.74 Å². The van der Waals surface area contributed by atoms with E-state index in [0.29, 0.717) is 6.54 Å². The summed E-state index contributed by atoms with van der Waals surface area (Å²) in [5.74, 6) is -0.848. The lowest BCUT2D eigenvalue weighted by atomic mass is 9.76. The van der Waals surface area contributed by atoms with Crippen LogP contribution in [0.1, 0.15) is 46.3 Å².